The van der Waals surface area contributed by atoms with Crippen LogP contribution in [0.5, 0.6) is 0 Å². The number of nitrogens with one attached hydrogen (secondary N) is 2. The first kappa shape index (κ1) is 18.4. The van der Waals surface area contributed by atoms with E-state index >= 15 is 0 Å². The van der Waals surface area contributed by atoms with Crippen molar-refractivity contribution in [2.45, 2.75) is 45.6 Å². The van der Waals surface area contributed by atoms with Gasteiger partial charge >= 0.3 is 0 Å². The van der Waals surface area contributed by atoms with E-state index in [1.165, 1.54) is 0 Å². The zero-order valence-corrected chi connectivity index (χ0v) is 15.5. The third-order valence-corrected chi connectivity index (χ3v) is 4.78. The molecule has 0 radical (unpaired) electrons. The van der Waals surface area contributed by atoms with E-state index in [0.29, 0.717) is 12.5 Å². The Balaban J connectivity index is 1.98. The second-order valence-corrected chi connectivity index (χ2v) is 6.93. The summed E-state index contributed by atoms with van der Waals surface area (Å²) in [5, 5.41) is 6.67. The van der Waals surface area contributed by atoms with Gasteiger partial charge in [0.1, 0.15) is 11.5 Å². The Morgan fingerprint density at radius 2 is 2.04 bits per heavy atom. The van der Waals surface area contributed by atoms with Gasteiger partial charge in [0.05, 0.1) is 11.5 Å². The van der Waals surface area contributed by atoms with Crippen LogP contribution in [0, 0.1) is 12.3 Å². The molecule has 2 rings (SSSR count). The van der Waals surface area contributed by atoms with Crippen LogP contribution >= 0.6 is 0 Å². The smallest absolute Gasteiger partial charge is 0.230 e. The molecule has 1 aromatic rings. The number of furan rings is 1. The van der Waals surface area contributed by atoms with Crippen molar-refractivity contribution in [2.75, 3.05) is 27.7 Å². The van der Waals surface area contributed by atoms with Gasteiger partial charge in [0, 0.05) is 27.7 Å². The van der Waals surface area contributed by atoms with Gasteiger partial charge in [0.25, 0.3) is 0 Å². The molecule has 0 aromatic carbocycles. The van der Waals surface area contributed by atoms with Crippen molar-refractivity contribution in [3.63, 3.8) is 0 Å². The van der Waals surface area contributed by atoms with Gasteiger partial charge in [0.15, 0.2) is 5.96 Å². The van der Waals surface area contributed by atoms with Crippen LogP contribution in [0.25, 0.3) is 0 Å². The summed E-state index contributed by atoms with van der Waals surface area (Å²) in [6.07, 6.45) is 4.08. The Kier molecular flexibility index (Phi) is 5.91. The number of rotatable bonds is 5. The third-order valence-electron chi connectivity index (χ3n) is 4.78. The van der Waals surface area contributed by atoms with Crippen LogP contribution in [-0.4, -0.2) is 44.5 Å². The van der Waals surface area contributed by atoms with Gasteiger partial charge in [-0.05, 0) is 38.8 Å². The SMILES string of the molecule is CN=C(NCC1(C(=O)N(C)C)CCCC1)NC(C)c1ccc(C)o1. The number of guanidine groups is 1. The summed E-state index contributed by atoms with van der Waals surface area (Å²) in [5.41, 5.74) is -0.314. The molecule has 1 amide bonds. The average Bonchev–Trinajstić information content (AvgIpc) is 3.20. The summed E-state index contributed by atoms with van der Waals surface area (Å²) in [7, 11) is 5.40. The molecule has 134 valence electrons. The largest absolute Gasteiger partial charge is 0.464 e. The lowest BCUT2D eigenvalue weighted by molar-refractivity contribution is -0.138. The Labute approximate surface area is 144 Å². The number of carbonyl (C=O) groups excluding carboxylic acids is 1. The molecular formula is C18H30N4O2. The van der Waals surface area contributed by atoms with Crippen LogP contribution in [-0.2, 0) is 4.79 Å². The van der Waals surface area contributed by atoms with Crippen molar-refractivity contribution < 1.29 is 9.21 Å². The highest BCUT2D eigenvalue weighted by Crippen LogP contribution is 2.38. The van der Waals surface area contributed by atoms with Crippen molar-refractivity contribution in [3.05, 3.63) is 23.7 Å². The van der Waals surface area contributed by atoms with E-state index in [-0.39, 0.29) is 17.4 Å². The Hall–Kier alpha value is -1.98. The van der Waals surface area contributed by atoms with Crippen molar-refractivity contribution in [3.8, 4) is 0 Å². The number of carbonyl (C=O) groups is 1. The van der Waals surface area contributed by atoms with E-state index in [2.05, 4.69) is 15.6 Å². The van der Waals surface area contributed by atoms with Gasteiger partial charge in [-0.15, -0.1) is 0 Å². The number of aryl methyl sites for hydroxylation is 1. The molecule has 1 aliphatic rings. The van der Waals surface area contributed by atoms with Gasteiger partial charge in [-0.25, -0.2) is 0 Å². The maximum atomic E-state index is 12.6. The second-order valence-electron chi connectivity index (χ2n) is 6.93. The molecular weight excluding hydrogens is 304 g/mol. The summed E-state index contributed by atoms with van der Waals surface area (Å²) >= 11 is 0. The Morgan fingerprint density at radius 3 is 2.54 bits per heavy atom. The lowest BCUT2D eigenvalue weighted by Gasteiger charge is -2.31. The lowest BCUT2D eigenvalue weighted by Crippen LogP contribution is -2.49. The normalized spacial score (nSPS) is 18.3. The monoisotopic (exact) mass is 334 g/mol. The molecule has 1 atom stereocenters. The molecule has 6 nitrogen and oxygen atoms in total. The maximum Gasteiger partial charge on any atom is 0.230 e. The third kappa shape index (κ3) is 4.10. The molecule has 1 aliphatic carbocycles. The zero-order chi connectivity index (χ0) is 17.7. The number of hydrogen-bond acceptors (Lipinski definition) is 3. The number of amides is 1. The molecule has 1 heterocycles. The predicted molar refractivity (Wildman–Crippen MR) is 96.0 cm³/mol. The molecule has 1 aromatic heterocycles. The van der Waals surface area contributed by atoms with E-state index in [0.717, 1.165) is 37.2 Å². The fraction of sp³-hybridized carbons (Fsp3) is 0.667. The van der Waals surface area contributed by atoms with Gasteiger partial charge in [-0.2, -0.15) is 0 Å². The highest BCUT2D eigenvalue weighted by Gasteiger charge is 2.42. The van der Waals surface area contributed by atoms with Crippen LogP contribution in [0.2, 0.25) is 0 Å². The minimum absolute atomic E-state index is 0.00831. The summed E-state index contributed by atoms with van der Waals surface area (Å²) in [5.74, 6) is 2.66. The van der Waals surface area contributed by atoms with E-state index in [1.54, 1.807) is 11.9 Å². The molecule has 1 saturated carbocycles. The standard InChI is InChI=1S/C18H30N4O2/c1-13-8-9-15(24-13)14(2)21-17(19-3)20-12-18(10-6-7-11-18)16(23)22(4)5/h8-9,14H,6-7,10-12H2,1-5H3,(H2,19,20,21). The first-order valence-corrected chi connectivity index (χ1v) is 8.63. The Bertz CT molecular complexity index is 586. The highest BCUT2D eigenvalue weighted by molar-refractivity contribution is 5.85. The van der Waals surface area contributed by atoms with E-state index in [4.69, 9.17) is 4.42 Å². The summed E-state index contributed by atoms with van der Waals surface area (Å²) in [6, 6.07) is 3.93. The van der Waals surface area contributed by atoms with Gasteiger partial charge in [-0.3, -0.25) is 9.79 Å². The summed E-state index contributed by atoms with van der Waals surface area (Å²) in [4.78, 5) is 18.6. The number of nitrogens with zero attached hydrogens (tertiary/aromatic N) is 2. The Morgan fingerprint density at radius 1 is 1.38 bits per heavy atom. The molecule has 0 spiro atoms. The summed E-state index contributed by atoms with van der Waals surface area (Å²) < 4.78 is 5.65. The van der Waals surface area contributed by atoms with Gasteiger partial charge < -0.3 is 20.0 Å². The van der Waals surface area contributed by atoms with Crippen LogP contribution < -0.4 is 10.6 Å². The van der Waals surface area contributed by atoms with Crippen molar-refractivity contribution in [1.82, 2.24) is 15.5 Å². The molecule has 6 heteroatoms. The minimum Gasteiger partial charge on any atom is -0.464 e. The van der Waals surface area contributed by atoms with Crippen molar-refractivity contribution >= 4 is 11.9 Å². The van der Waals surface area contributed by atoms with Crippen molar-refractivity contribution in [1.29, 1.82) is 0 Å². The predicted octanol–water partition coefficient (Wildman–Crippen LogP) is 2.46. The van der Waals surface area contributed by atoms with Crippen LogP contribution in [0.3, 0.4) is 0 Å². The molecule has 1 unspecified atom stereocenters. The first-order chi connectivity index (χ1) is 11.4. The molecule has 24 heavy (non-hydrogen) atoms. The van der Waals surface area contributed by atoms with Crippen molar-refractivity contribution in [2.24, 2.45) is 10.4 Å². The molecule has 2 N–H and O–H groups in total. The van der Waals surface area contributed by atoms with E-state index < -0.39 is 0 Å². The topological polar surface area (TPSA) is 69.9 Å². The molecule has 0 aliphatic heterocycles. The van der Waals surface area contributed by atoms with Crippen LogP contribution in [0.15, 0.2) is 21.5 Å². The van der Waals surface area contributed by atoms with Gasteiger partial charge in [0.2, 0.25) is 5.91 Å². The lowest BCUT2D eigenvalue weighted by atomic mass is 9.84. The molecule has 1 fully saturated rings. The average molecular weight is 334 g/mol. The summed E-state index contributed by atoms with van der Waals surface area (Å²) in [6.45, 7) is 4.56. The number of hydrogen-bond donors (Lipinski definition) is 2. The van der Waals surface area contributed by atoms with E-state index in [1.807, 2.05) is 40.1 Å². The second kappa shape index (κ2) is 7.73. The van der Waals surface area contributed by atoms with Crippen LogP contribution in [0.1, 0.15) is 50.2 Å². The minimum atomic E-state index is -0.314. The zero-order valence-electron chi connectivity index (χ0n) is 15.5. The molecule has 0 bridgehead atoms. The quantitative estimate of drug-likeness (QED) is 0.641. The number of aliphatic imine (C=N–C) groups is 1. The highest BCUT2D eigenvalue weighted by atomic mass is 16.3. The fourth-order valence-electron chi connectivity index (χ4n) is 3.40. The maximum absolute atomic E-state index is 12.6. The first-order valence-electron chi connectivity index (χ1n) is 8.63. The van der Waals surface area contributed by atoms with E-state index in [9.17, 15) is 4.79 Å². The van der Waals surface area contributed by atoms with Gasteiger partial charge in [-0.1, -0.05) is 12.8 Å². The molecule has 0 saturated heterocycles. The fourth-order valence-corrected chi connectivity index (χ4v) is 3.40. The van der Waals surface area contributed by atoms with Crippen LogP contribution in [0.4, 0.5) is 0 Å².